The standard InChI is InChI=1S/C13H19NO2/c1-9-5-10(2)13(6-12(9)14)16-8-11-3-4-15-7-11/h5-6,11H,3-4,7-8,14H2,1-2H3. The minimum absolute atomic E-state index is 0.530. The van der Waals surface area contributed by atoms with Gasteiger partial charge in [0.15, 0.2) is 0 Å². The van der Waals surface area contributed by atoms with Gasteiger partial charge in [0.25, 0.3) is 0 Å². The predicted octanol–water partition coefficient (Wildman–Crippen LogP) is 2.30. The van der Waals surface area contributed by atoms with Crippen molar-refractivity contribution in [1.29, 1.82) is 0 Å². The van der Waals surface area contributed by atoms with Crippen molar-refractivity contribution in [1.82, 2.24) is 0 Å². The summed E-state index contributed by atoms with van der Waals surface area (Å²) in [4.78, 5) is 0. The van der Waals surface area contributed by atoms with Gasteiger partial charge in [-0.25, -0.2) is 0 Å². The van der Waals surface area contributed by atoms with E-state index >= 15 is 0 Å². The van der Waals surface area contributed by atoms with Crippen molar-refractivity contribution >= 4 is 5.69 Å². The van der Waals surface area contributed by atoms with Gasteiger partial charge in [0.2, 0.25) is 0 Å². The fraction of sp³-hybridized carbons (Fsp3) is 0.538. The minimum Gasteiger partial charge on any atom is -0.493 e. The highest BCUT2D eigenvalue weighted by atomic mass is 16.5. The second-order valence-corrected chi connectivity index (χ2v) is 4.51. The first-order valence-electron chi connectivity index (χ1n) is 5.74. The number of ether oxygens (including phenoxy) is 2. The molecule has 1 aliphatic rings. The first-order valence-corrected chi connectivity index (χ1v) is 5.74. The lowest BCUT2D eigenvalue weighted by Crippen LogP contribution is -2.12. The van der Waals surface area contributed by atoms with Gasteiger partial charge in [0, 0.05) is 24.3 Å². The Morgan fingerprint density at radius 1 is 1.38 bits per heavy atom. The van der Waals surface area contributed by atoms with Crippen molar-refractivity contribution in [3.63, 3.8) is 0 Å². The Kier molecular flexibility index (Phi) is 3.34. The zero-order valence-corrected chi connectivity index (χ0v) is 9.95. The molecule has 0 aromatic heterocycles. The second-order valence-electron chi connectivity index (χ2n) is 4.51. The molecule has 1 saturated heterocycles. The van der Waals surface area contributed by atoms with Gasteiger partial charge in [0.05, 0.1) is 13.2 Å². The SMILES string of the molecule is Cc1cc(C)c(OCC2CCOC2)cc1N. The molecule has 16 heavy (non-hydrogen) atoms. The molecule has 1 aromatic rings. The number of aryl methyl sites for hydroxylation is 2. The van der Waals surface area contributed by atoms with Crippen LogP contribution in [-0.4, -0.2) is 19.8 Å². The molecule has 3 nitrogen and oxygen atoms in total. The van der Waals surface area contributed by atoms with Gasteiger partial charge in [-0.3, -0.25) is 0 Å². The van der Waals surface area contributed by atoms with E-state index in [0.717, 1.165) is 48.8 Å². The average molecular weight is 221 g/mol. The molecular weight excluding hydrogens is 202 g/mol. The number of benzene rings is 1. The molecule has 1 fully saturated rings. The summed E-state index contributed by atoms with van der Waals surface area (Å²) in [5.74, 6) is 1.43. The largest absolute Gasteiger partial charge is 0.493 e. The van der Waals surface area contributed by atoms with Crippen LogP contribution in [0.1, 0.15) is 17.5 Å². The van der Waals surface area contributed by atoms with Gasteiger partial charge in [-0.15, -0.1) is 0 Å². The predicted molar refractivity (Wildman–Crippen MR) is 64.7 cm³/mol. The number of nitrogens with two attached hydrogens (primary N) is 1. The van der Waals surface area contributed by atoms with E-state index in [2.05, 4.69) is 6.07 Å². The highest BCUT2D eigenvalue weighted by molar-refractivity contribution is 5.54. The quantitative estimate of drug-likeness (QED) is 0.796. The van der Waals surface area contributed by atoms with Gasteiger partial charge >= 0.3 is 0 Å². The summed E-state index contributed by atoms with van der Waals surface area (Å²) in [5.41, 5.74) is 8.91. The maximum atomic E-state index is 5.87. The Labute approximate surface area is 96.5 Å². The lowest BCUT2D eigenvalue weighted by molar-refractivity contribution is 0.167. The summed E-state index contributed by atoms with van der Waals surface area (Å²) >= 11 is 0. The van der Waals surface area contributed by atoms with E-state index < -0.39 is 0 Å². The second kappa shape index (κ2) is 4.74. The molecule has 1 aromatic carbocycles. The highest BCUT2D eigenvalue weighted by Crippen LogP contribution is 2.25. The summed E-state index contributed by atoms with van der Waals surface area (Å²) in [6, 6.07) is 3.98. The molecular formula is C13H19NO2. The van der Waals surface area contributed by atoms with Crippen molar-refractivity contribution < 1.29 is 9.47 Å². The van der Waals surface area contributed by atoms with Gasteiger partial charge in [0.1, 0.15) is 5.75 Å². The van der Waals surface area contributed by atoms with Crippen molar-refractivity contribution in [3.8, 4) is 5.75 Å². The topological polar surface area (TPSA) is 44.5 Å². The van der Waals surface area contributed by atoms with Gasteiger partial charge < -0.3 is 15.2 Å². The fourth-order valence-electron chi connectivity index (χ4n) is 1.93. The van der Waals surface area contributed by atoms with Crippen LogP contribution < -0.4 is 10.5 Å². The van der Waals surface area contributed by atoms with Crippen LogP contribution in [0.4, 0.5) is 5.69 Å². The molecule has 2 rings (SSSR count). The van der Waals surface area contributed by atoms with Crippen molar-refractivity contribution in [2.75, 3.05) is 25.6 Å². The molecule has 1 heterocycles. The minimum atomic E-state index is 0.530. The summed E-state index contributed by atoms with van der Waals surface area (Å²) in [7, 11) is 0. The zero-order valence-electron chi connectivity index (χ0n) is 9.95. The summed E-state index contributed by atoms with van der Waals surface area (Å²) in [6.07, 6.45) is 1.10. The zero-order chi connectivity index (χ0) is 11.5. The van der Waals surface area contributed by atoms with Gasteiger partial charge in [-0.05, 0) is 31.4 Å². The molecule has 0 bridgehead atoms. The van der Waals surface area contributed by atoms with E-state index in [1.165, 1.54) is 0 Å². The van der Waals surface area contributed by atoms with E-state index in [4.69, 9.17) is 15.2 Å². The molecule has 0 saturated carbocycles. The van der Waals surface area contributed by atoms with Crippen molar-refractivity contribution in [3.05, 3.63) is 23.3 Å². The molecule has 88 valence electrons. The first kappa shape index (κ1) is 11.3. The molecule has 1 unspecified atom stereocenters. The van der Waals surface area contributed by atoms with E-state index in [-0.39, 0.29) is 0 Å². The van der Waals surface area contributed by atoms with Crippen LogP contribution in [0, 0.1) is 19.8 Å². The molecule has 3 heteroatoms. The Bertz CT molecular complexity index is 370. The fourth-order valence-corrected chi connectivity index (χ4v) is 1.93. The molecule has 0 spiro atoms. The third-order valence-electron chi connectivity index (χ3n) is 3.06. The van der Waals surface area contributed by atoms with E-state index in [9.17, 15) is 0 Å². The summed E-state index contributed by atoms with van der Waals surface area (Å²) < 4.78 is 11.1. The van der Waals surface area contributed by atoms with E-state index in [0.29, 0.717) is 5.92 Å². The number of nitrogen functional groups attached to an aromatic ring is 1. The normalized spacial score (nSPS) is 20.0. The third kappa shape index (κ3) is 2.47. The van der Waals surface area contributed by atoms with Crippen LogP contribution in [0.25, 0.3) is 0 Å². The number of anilines is 1. The Morgan fingerprint density at radius 3 is 2.88 bits per heavy atom. The van der Waals surface area contributed by atoms with Gasteiger partial charge in [-0.2, -0.15) is 0 Å². The molecule has 0 aliphatic carbocycles. The number of hydrogen-bond acceptors (Lipinski definition) is 3. The van der Waals surface area contributed by atoms with E-state index in [1.807, 2.05) is 19.9 Å². The Morgan fingerprint density at radius 2 is 2.19 bits per heavy atom. The summed E-state index contributed by atoms with van der Waals surface area (Å²) in [5, 5.41) is 0. The van der Waals surface area contributed by atoms with Crippen LogP contribution in [0.3, 0.4) is 0 Å². The monoisotopic (exact) mass is 221 g/mol. The lowest BCUT2D eigenvalue weighted by atomic mass is 10.1. The number of rotatable bonds is 3. The molecule has 1 atom stereocenters. The van der Waals surface area contributed by atoms with Crippen LogP contribution >= 0.6 is 0 Å². The third-order valence-corrected chi connectivity index (χ3v) is 3.06. The van der Waals surface area contributed by atoms with Crippen molar-refractivity contribution in [2.45, 2.75) is 20.3 Å². The average Bonchev–Trinajstić information content (AvgIpc) is 2.74. The first-order chi connectivity index (χ1) is 7.66. The van der Waals surface area contributed by atoms with Crippen molar-refractivity contribution in [2.24, 2.45) is 5.92 Å². The highest BCUT2D eigenvalue weighted by Gasteiger charge is 2.16. The van der Waals surface area contributed by atoms with Crippen LogP contribution in [0.2, 0.25) is 0 Å². The van der Waals surface area contributed by atoms with E-state index in [1.54, 1.807) is 0 Å². The maximum absolute atomic E-state index is 5.87. The maximum Gasteiger partial charge on any atom is 0.124 e. The lowest BCUT2D eigenvalue weighted by Gasteiger charge is -2.14. The van der Waals surface area contributed by atoms with Crippen LogP contribution in [-0.2, 0) is 4.74 Å². The Hall–Kier alpha value is -1.22. The Balaban J connectivity index is 2.00. The summed E-state index contributed by atoms with van der Waals surface area (Å²) in [6.45, 7) is 6.47. The molecule has 0 radical (unpaired) electrons. The van der Waals surface area contributed by atoms with Crippen LogP contribution in [0.5, 0.6) is 5.75 Å². The molecule has 2 N–H and O–H groups in total. The van der Waals surface area contributed by atoms with Gasteiger partial charge in [-0.1, -0.05) is 6.07 Å². The molecule has 0 amide bonds. The van der Waals surface area contributed by atoms with Crippen LogP contribution in [0.15, 0.2) is 12.1 Å². The smallest absolute Gasteiger partial charge is 0.124 e. The molecule has 1 aliphatic heterocycles. The number of hydrogen-bond donors (Lipinski definition) is 1.